The highest BCUT2D eigenvalue weighted by Crippen LogP contribution is 2.34. The molecule has 1 amide bonds. The van der Waals surface area contributed by atoms with Crippen molar-refractivity contribution in [2.75, 3.05) is 39.8 Å². The molecule has 2 fully saturated rings. The lowest BCUT2D eigenvalue weighted by Gasteiger charge is -2.35. The second kappa shape index (κ2) is 8.36. The Morgan fingerprint density at radius 1 is 1.10 bits per heavy atom. The minimum atomic E-state index is -3.50. The van der Waals surface area contributed by atoms with Crippen molar-refractivity contribution in [3.8, 4) is 0 Å². The fourth-order valence-electron chi connectivity index (χ4n) is 4.59. The van der Waals surface area contributed by atoms with Gasteiger partial charge in [-0.25, -0.2) is 8.42 Å². The predicted octanol–water partition coefficient (Wildman–Crippen LogP) is 2.13. The fourth-order valence-corrected chi connectivity index (χ4v) is 6.07. The molecule has 1 aromatic carbocycles. The second-order valence-corrected chi connectivity index (χ2v) is 10.9. The summed E-state index contributed by atoms with van der Waals surface area (Å²) in [7, 11) is -1.49. The van der Waals surface area contributed by atoms with Crippen molar-refractivity contribution in [2.24, 2.45) is 5.92 Å². The third-order valence-electron chi connectivity index (χ3n) is 6.93. The van der Waals surface area contributed by atoms with Crippen molar-refractivity contribution in [3.63, 3.8) is 0 Å². The maximum absolute atomic E-state index is 13.1. The van der Waals surface area contributed by atoms with Crippen molar-refractivity contribution in [2.45, 2.75) is 56.4 Å². The highest BCUT2D eigenvalue weighted by atomic mass is 32.2. The van der Waals surface area contributed by atoms with Gasteiger partial charge in [0.05, 0.1) is 11.4 Å². The molecule has 0 bridgehead atoms. The molecule has 1 heterocycles. The molecule has 1 saturated carbocycles. The molecule has 1 aliphatic heterocycles. The van der Waals surface area contributed by atoms with E-state index in [-0.39, 0.29) is 5.91 Å². The van der Waals surface area contributed by atoms with E-state index >= 15 is 0 Å². The van der Waals surface area contributed by atoms with Crippen LogP contribution < -0.4 is 0 Å². The van der Waals surface area contributed by atoms with Crippen LogP contribution in [0.25, 0.3) is 0 Å². The number of amides is 1. The Hall–Kier alpha value is -1.44. The summed E-state index contributed by atoms with van der Waals surface area (Å²) in [6.07, 6.45) is 6.85. The van der Waals surface area contributed by atoms with Crippen molar-refractivity contribution in [1.82, 2.24) is 14.1 Å². The van der Waals surface area contributed by atoms with Crippen LogP contribution in [0.5, 0.6) is 0 Å². The SMILES string of the molecule is C[C@H](C1CC1)N(C)CC(=O)N1CCN(S(=O)(=O)c2ccc3c(c2)CCCC3)CC1. The smallest absolute Gasteiger partial charge is 0.243 e. The van der Waals surface area contributed by atoms with Crippen molar-refractivity contribution >= 4 is 15.9 Å². The zero-order valence-corrected chi connectivity index (χ0v) is 18.5. The van der Waals surface area contributed by atoms with E-state index in [9.17, 15) is 13.2 Å². The van der Waals surface area contributed by atoms with Crippen LogP contribution in [0.3, 0.4) is 0 Å². The van der Waals surface area contributed by atoms with Crippen molar-refractivity contribution in [3.05, 3.63) is 29.3 Å². The molecule has 0 aromatic heterocycles. The summed E-state index contributed by atoms with van der Waals surface area (Å²) < 4.78 is 27.8. The molecule has 1 aromatic rings. The lowest BCUT2D eigenvalue weighted by atomic mass is 9.92. The average Bonchev–Trinajstić information content (AvgIpc) is 3.58. The van der Waals surface area contributed by atoms with E-state index in [2.05, 4.69) is 11.8 Å². The Kier molecular flexibility index (Phi) is 6.00. The van der Waals surface area contributed by atoms with Crippen LogP contribution in [0.15, 0.2) is 23.1 Å². The normalized spacial score (nSPS) is 21.8. The number of rotatable bonds is 6. The van der Waals surface area contributed by atoms with Crippen LogP contribution in [0, 0.1) is 5.92 Å². The van der Waals surface area contributed by atoms with Crippen LogP contribution >= 0.6 is 0 Å². The molecule has 3 aliphatic rings. The number of benzene rings is 1. The minimum Gasteiger partial charge on any atom is -0.339 e. The molecular formula is C22H33N3O3S. The number of aryl methyl sites for hydroxylation is 2. The number of fused-ring (bicyclic) bond motifs is 1. The number of piperazine rings is 1. The van der Waals surface area contributed by atoms with Gasteiger partial charge in [-0.2, -0.15) is 4.31 Å². The molecule has 0 unspecified atom stereocenters. The largest absolute Gasteiger partial charge is 0.339 e. The van der Waals surface area contributed by atoms with Crippen LogP contribution in [0.4, 0.5) is 0 Å². The van der Waals surface area contributed by atoms with Crippen molar-refractivity contribution < 1.29 is 13.2 Å². The van der Waals surface area contributed by atoms with E-state index in [0.29, 0.717) is 43.7 Å². The quantitative estimate of drug-likeness (QED) is 0.709. The summed E-state index contributed by atoms with van der Waals surface area (Å²) >= 11 is 0. The summed E-state index contributed by atoms with van der Waals surface area (Å²) in [4.78, 5) is 17.0. The number of carbonyl (C=O) groups is 1. The monoisotopic (exact) mass is 419 g/mol. The summed E-state index contributed by atoms with van der Waals surface area (Å²) in [6, 6.07) is 6.04. The maximum atomic E-state index is 13.1. The highest BCUT2D eigenvalue weighted by Gasteiger charge is 2.33. The van der Waals surface area contributed by atoms with Gasteiger partial charge < -0.3 is 4.90 Å². The topological polar surface area (TPSA) is 60.9 Å². The third kappa shape index (κ3) is 4.52. The van der Waals surface area contributed by atoms with Gasteiger partial charge in [-0.3, -0.25) is 9.69 Å². The average molecular weight is 420 g/mol. The predicted molar refractivity (Wildman–Crippen MR) is 113 cm³/mol. The number of hydrogen-bond donors (Lipinski definition) is 0. The van der Waals surface area contributed by atoms with E-state index in [1.54, 1.807) is 6.07 Å². The third-order valence-corrected chi connectivity index (χ3v) is 8.83. The van der Waals surface area contributed by atoms with Gasteiger partial charge in [0.25, 0.3) is 0 Å². The number of nitrogens with zero attached hydrogens (tertiary/aromatic N) is 3. The molecule has 1 saturated heterocycles. The lowest BCUT2D eigenvalue weighted by molar-refractivity contribution is -0.133. The van der Waals surface area contributed by atoms with Crippen LogP contribution in [-0.4, -0.2) is 74.2 Å². The van der Waals surface area contributed by atoms with Gasteiger partial charge in [0, 0.05) is 32.2 Å². The molecule has 160 valence electrons. The van der Waals surface area contributed by atoms with Crippen LogP contribution in [0.1, 0.15) is 43.7 Å². The summed E-state index contributed by atoms with van der Waals surface area (Å²) in [5.41, 5.74) is 2.47. The highest BCUT2D eigenvalue weighted by molar-refractivity contribution is 7.89. The van der Waals surface area contributed by atoms with E-state index in [1.165, 1.54) is 34.7 Å². The molecule has 1 atom stereocenters. The van der Waals surface area contributed by atoms with Gasteiger partial charge in [-0.1, -0.05) is 6.07 Å². The molecule has 7 heteroatoms. The number of hydrogen-bond acceptors (Lipinski definition) is 4. The van der Waals surface area contributed by atoms with Gasteiger partial charge in [-0.05, 0) is 81.7 Å². The molecular weight excluding hydrogens is 386 g/mol. The second-order valence-electron chi connectivity index (χ2n) is 8.92. The van der Waals surface area contributed by atoms with Gasteiger partial charge in [-0.15, -0.1) is 0 Å². The molecule has 0 N–H and O–H groups in total. The Balaban J connectivity index is 1.35. The first-order chi connectivity index (χ1) is 13.9. The van der Waals surface area contributed by atoms with Crippen LogP contribution in [0.2, 0.25) is 0 Å². The minimum absolute atomic E-state index is 0.103. The number of likely N-dealkylation sites (N-methyl/N-ethyl adjacent to an activating group) is 1. The number of carbonyl (C=O) groups excluding carboxylic acids is 1. The number of sulfonamides is 1. The maximum Gasteiger partial charge on any atom is 0.243 e. The van der Waals surface area contributed by atoms with E-state index in [4.69, 9.17) is 0 Å². The standard InChI is InChI=1S/C22H33N3O3S/c1-17(18-7-8-18)23(2)16-22(26)24-11-13-25(14-12-24)29(27,28)21-10-9-19-5-3-4-6-20(19)15-21/h9-10,15,17-18H,3-8,11-14,16H2,1-2H3/t17-/m1/s1. The Morgan fingerprint density at radius 3 is 2.41 bits per heavy atom. The van der Waals surface area contributed by atoms with E-state index in [0.717, 1.165) is 25.2 Å². The molecule has 29 heavy (non-hydrogen) atoms. The summed E-state index contributed by atoms with van der Waals surface area (Å²) in [6.45, 7) is 4.27. The van der Waals surface area contributed by atoms with E-state index < -0.39 is 10.0 Å². The first-order valence-corrected chi connectivity index (χ1v) is 12.4. The first-order valence-electron chi connectivity index (χ1n) is 11.0. The first kappa shape index (κ1) is 20.8. The Bertz CT molecular complexity index is 858. The van der Waals surface area contributed by atoms with Gasteiger partial charge >= 0.3 is 0 Å². The van der Waals surface area contributed by atoms with Gasteiger partial charge in [0.1, 0.15) is 0 Å². The molecule has 6 nitrogen and oxygen atoms in total. The Morgan fingerprint density at radius 2 is 1.76 bits per heavy atom. The fraction of sp³-hybridized carbons (Fsp3) is 0.682. The molecule has 0 spiro atoms. The summed E-state index contributed by atoms with van der Waals surface area (Å²) in [5, 5.41) is 0. The molecule has 0 radical (unpaired) electrons. The Labute approximate surface area is 174 Å². The van der Waals surface area contributed by atoms with Gasteiger partial charge in [0.15, 0.2) is 0 Å². The molecule has 4 rings (SSSR count). The summed E-state index contributed by atoms with van der Waals surface area (Å²) in [5.74, 6) is 0.831. The zero-order chi connectivity index (χ0) is 20.6. The van der Waals surface area contributed by atoms with Gasteiger partial charge in [0.2, 0.25) is 15.9 Å². The van der Waals surface area contributed by atoms with Crippen molar-refractivity contribution in [1.29, 1.82) is 0 Å². The van der Waals surface area contributed by atoms with E-state index in [1.807, 2.05) is 24.1 Å². The zero-order valence-electron chi connectivity index (χ0n) is 17.6. The van der Waals surface area contributed by atoms with Crippen LogP contribution in [-0.2, 0) is 27.7 Å². The molecule has 2 aliphatic carbocycles. The lowest BCUT2D eigenvalue weighted by Crippen LogP contribution is -2.52.